The summed E-state index contributed by atoms with van der Waals surface area (Å²) in [6, 6.07) is 8.80. The van der Waals surface area contributed by atoms with Crippen molar-refractivity contribution in [1.29, 1.82) is 0 Å². The van der Waals surface area contributed by atoms with E-state index in [1.54, 1.807) is 0 Å². The molecule has 0 bridgehead atoms. The average Bonchev–Trinajstić information content (AvgIpc) is 2.80. The summed E-state index contributed by atoms with van der Waals surface area (Å²) >= 11 is 0. The number of rotatable bonds is 4. The third kappa shape index (κ3) is 3.06. The van der Waals surface area contributed by atoms with Crippen molar-refractivity contribution in [1.82, 2.24) is 4.90 Å². The van der Waals surface area contributed by atoms with E-state index >= 15 is 0 Å². The molecule has 0 aromatic heterocycles. The summed E-state index contributed by atoms with van der Waals surface area (Å²) in [7, 11) is 0. The van der Waals surface area contributed by atoms with Crippen LogP contribution in [0.15, 0.2) is 24.3 Å². The van der Waals surface area contributed by atoms with E-state index < -0.39 is 0 Å². The van der Waals surface area contributed by atoms with Crippen molar-refractivity contribution in [2.24, 2.45) is 5.73 Å². The summed E-state index contributed by atoms with van der Waals surface area (Å²) in [6.07, 6.45) is 3.79. The molecule has 0 radical (unpaired) electrons. The van der Waals surface area contributed by atoms with E-state index in [1.807, 2.05) is 0 Å². The van der Waals surface area contributed by atoms with Crippen LogP contribution in [0.1, 0.15) is 36.4 Å². The quantitative estimate of drug-likeness (QED) is 0.841. The molecule has 0 saturated carbocycles. The number of hydrogen-bond acceptors (Lipinski definition) is 2. The Hall–Kier alpha value is -0.860. The fourth-order valence-corrected chi connectivity index (χ4v) is 2.31. The lowest BCUT2D eigenvalue weighted by Gasteiger charge is -2.18. The van der Waals surface area contributed by atoms with Gasteiger partial charge in [-0.25, -0.2) is 0 Å². The first kappa shape index (κ1) is 11.6. The topological polar surface area (TPSA) is 29.3 Å². The minimum atomic E-state index is 0.196. The molecule has 1 saturated heterocycles. The van der Waals surface area contributed by atoms with Gasteiger partial charge in [-0.1, -0.05) is 29.8 Å². The lowest BCUT2D eigenvalue weighted by Crippen LogP contribution is -2.24. The maximum atomic E-state index is 6.20. The molecule has 1 aliphatic rings. The first-order chi connectivity index (χ1) is 7.75. The lowest BCUT2D eigenvalue weighted by atomic mass is 10.0. The standard InChI is InChI=1S/C14H22N2/c1-12-4-6-13(7-5-12)14(15)8-11-16-9-2-3-10-16/h4-7,14H,2-3,8-11,15H2,1H3. The van der Waals surface area contributed by atoms with Gasteiger partial charge in [0.15, 0.2) is 0 Å². The first-order valence-corrected chi connectivity index (χ1v) is 6.30. The minimum Gasteiger partial charge on any atom is -0.324 e. The summed E-state index contributed by atoms with van der Waals surface area (Å²) in [5, 5.41) is 0. The van der Waals surface area contributed by atoms with Gasteiger partial charge in [0.25, 0.3) is 0 Å². The summed E-state index contributed by atoms with van der Waals surface area (Å²) in [4.78, 5) is 2.52. The second-order valence-corrected chi connectivity index (χ2v) is 4.85. The van der Waals surface area contributed by atoms with Crippen molar-refractivity contribution in [3.8, 4) is 0 Å². The molecule has 1 fully saturated rings. The Bertz CT molecular complexity index is 312. The van der Waals surface area contributed by atoms with Gasteiger partial charge < -0.3 is 10.6 Å². The number of nitrogens with two attached hydrogens (primary N) is 1. The van der Waals surface area contributed by atoms with Crippen LogP contribution >= 0.6 is 0 Å². The molecule has 88 valence electrons. The highest BCUT2D eigenvalue weighted by Crippen LogP contribution is 2.16. The van der Waals surface area contributed by atoms with Gasteiger partial charge in [0.05, 0.1) is 0 Å². The van der Waals surface area contributed by atoms with Gasteiger partial charge in [-0.2, -0.15) is 0 Å². The SMILES string of the molecule is Cc1ccc(C(N)CCN2CCCC2)cc1. The molecular formula is C14H22N2. The lowest BCUT2D eigenvalue weighted by molar-refractivity contribution is 0.322. The molecule has 1 heterocycles. The van der Waals surface area contributed by atoms with E-state index in [1.165, 1.54) is 37.1 Å². The highest BCUT2D eigenvalue weighted by molar-refractivity contribution is 5.23. The van der Waals surface area contributed by atoms with Crippen molar-refractivity contribution in [2.45, 2.75) is 32.2 Å². The molecule has 2 rings (SSSR count). The van der Waals surface area contributed by atoms with Gasteiger partial charge in [-0.3, -0.25) is 0 Å². The van der Waals surface area contributed by atoms with Gasteiger partial charge in [-0.05, 0) is 51.4 Å². The van der Waals surface area contributed by atoms with Crippen molar-refractivity contribution in [3.05, 3.63) is 35.4 Å². The Balaban J connectivity index is 1.82. The molecule has 2 nitrogen and oxygen atoms in total. The highest BCUT2D eigenvalue weighted by atomic mass is 15.1. The zero-order chi connectivity index (χ0) is 11.4. The molecule has 2 heteroatoms. The fraction of sp³-hybridized carbons (Fsp3) is 0.571. The summed E-state index contributed by atoms with van der Waals surface area (Å²) in [6.45, 7) is 5.79. The number of aryl methyl sites for hydroxylation is 1. The van der Waals surface area contributed by atoms with Crippen molar-refractivity contribution >= 4 is 0 Å². The van der Waals surface area contributed by atoms with Crippen LogP contribution in [0.25, 0.3) is 0 Å². The smallest absolute Gasteiger partial charge is 0.0307 e. The van der Waals surface area contributed by atoms with Crippen LogP contribution in [0.2, 0.25) is 0 Å². The Kier molecular flexibility index (Phi) is 3.97. The van der Waals surface area contributed by atoms with Crippen molar-refractivity contribution in [2.75, 3.05) is 19.6 Å². The Morgan fingerprint density at radius 1 is 1.19 bits per heavy atom. The summed E-state index contributed by atoms with van der Waals surface area (Å²) < 4.78 is 0. The predicted octanol–water partition coefficient (Wildman–Crippen LogP) is 2.48. The van der Waals surface area contributed by atoms with Gasteiger partial charge in [0.2, 0.25) is 0 Å². The fourth-order valence-electron chi connectivity index (χ4n) is 2.31. The highest BCUT2D eigenvalue weighted by Gasteiger charge is 2.13. The molecule has 0 spiro atoms. The van der Waals surface area contributed by atoms with Crippen LogP contribution in [0.3, 0.4) is 0 Å². The van der Waals surface area contributed by atoms with Crippen LogP contribution in [0, 0.1) is 6.92 Å². The molecule has 16 heavy (non-hydrogen) atoms. The zero-order valence-electron chi connectivity index (χ0n) is 10.2. The Morgan fingerprint density at radius 3 is 2.44 bits per heavy atom. The van der Waals surface area contributed by atoms with E-state index in [2.05, 4.69) is 36.1 Å². The normalized spacial score (nSPS) is 18.9. The van der Waals surface area contributed by atoms with E-state index in [4.69, 9.17) is 5.73 Å². The van der Waals surface area contributed by atoms with Gasteiger partial charge in [-0.15, -0.1) is 0 Å². The molecule has 1 aliphatic heterocycles. The van der Waals surface area contributed by atoms with Crippen molar-refractivity contribution in [3.63, 3.8) is 0 Å². The van der Waals surface area contributed by atoms with Crippen LogP contribution in [-0.2, 0) is 0 Å². The molecule has 1 aromatic carbocycles. The maximum absolute atomic E-state index is 6.20. The predicted molar refractivity (Wildman–Crippen MR) is 68.4 cm³/mol. The van der Waals surface area contributed by atoms with Crippen LogP contribution in [-0.4, -0.2) is 24.5 Å². The second kappa shape index (κ2) is 5.46. The number of hydrogen-bond donors (Lipinski definition) is 1. The second-order valence-electron chi connectivity index (χ2n) is 4.85. The Morgan fingerprint density at radius 2 is 1.81 bits per heavy atom. The summed E-state index contributed by atoms with van der Waals surface area (Å²) in [5.74, 6) is 0. The average molecular weight is 218 g/mol. The monoisotopic (exact) mass is 218 g/mol. The van der Waals surface area contributed by atoms with Crippen LogP contribution < -0.4 is 5.73 Å². The van der Waals surface area contributed by atoms with E-state index in [0.29, 0.717) is 0 Å². The molecule has 1 unspecified atom stereocenters. The zero-order valence-corrected chi connectivity index (χ0v) is 10.2. The van der Waals surface area contributed by atoms with Gasteiger partial charge in [0, 0.05) is 6.04 Å². The van der Waals surface area contributed by atoms with Crippen LogP contribution in [0.5, 0.6) is 0 Å². The number of likely N-dealkylation sites (tertiary alicyclic amines) is 1. The van der Waals surface area contributed by atoms with E-state index in [0.717, 1.165) is 13.0 Å². The van der Waals surface area contributed by atoms with E-state index in [9.17, 15) is 0 Å². The van der Waals surface area contributed by atoms with E-state index in [-0.39, 0.29) is 6.04 Å². The third-order valence-electron chi connectivity index (χ3n) is 3.46. The molecule has 1 atom stereocenters. The van der Waals surface area contributed by atoms with Gasteiger partial charge in [0.1, 0.15) is 0 Å². The first-order valence-electron chi connectivity index (χ1n) is 6.30. The molecule has 0 aliphatic carbocycles. The summed E-state index contributed by atoms with van der Waals surface area (Å²) in [5.41, 5.74) is 8.77. The third-order valence-corrected chi connectivity index (χ3v) is 3.46. The van der Waals surface area contributed by atoms with Gasteiger partial charge >= 0.3 is 0 Å². The minimum absolute atomic E-state index is 0.196. The molecule has 0 amide bonds. The largest absolute Gasteiger partial charge is 0.324 e. The Labute approximate surface area is 98.4 Å². The molecule has 2 N–H and O–H groups in total. The molecule has 1 aromatic rings. The number of benzene rings is 1. The number of nitrogens with zero attached hydrogens (tertiary/aromatic N) is 1. The van der Waals surface area contributed by atoms with Crippen LogP contribution in [0.4, 0.5) is 0 Å². The van der Waals surface area contributed by atoms with Crippen molar-refractivity contribution < 1.29 is 0 Å². The maximum Gasteiger partial charge on any atom is 0.0307 e. The molecular weight excluding hydrogens is 196 g/mol.